The van der Waals surface area contributed by atoms with Crippen LogP contribution in [0, 0.1) is 0 Å². The van der Waals surface area contributed by atoms with Gasteiger partial charge in [-0.25, -0.2) is 0 Å². The van der Waals surface area contributed by atoms with Gasteiger partial charge in [0.05, 0.1) is 12.7 Å². The molecule has 0 radical (unpaired) electrons. The van der Waals surface area contributed by atoms with Gasteiger partial charge in [-0.1, -0.05) is 30.3 Å². The maximum Gasteiger partial charge on any atom is 0.242 e. The molecular formula is C13H20N2O3S. The molecule has 106 valence electrons. The summed E-state index contributed by atoms with van der Waals surface area (Å²) in [5.74, 6) is 0.410. The Morgan fingerprint density at radius 1 is 1.37 bits per heavy atom. The third-order valence-corrected chi connectivity index (χ3v) is 4.00. The lowest BCUT2D eigenvalue weighted by Gasteiger charge is -2.26. The fraction of sp³-hybridized carbons (Fsp3) is 0.462. The second-order valence-electron chi connectivity index (χ2n) is 4.36. The SMILES string of the molecule is NC(=O)C(N)(CCSCC(O)CO)c1ccccc1. The highest BCUT2D eigenvalue weighted by Crippen LogP contribution is 2.24. The molecule has 0 aromatic heterocycles. The summed E-state index contributed by atoms with van der Waals surface area (Å²) >= 11 is 1.43. The third kappa shape index (κ3) is 4.50. The number of aliphatic hydroxyl groups excluding tert-OH is 2. The van der Waals surface area contributed by atoms with Gasteiger partial charge in [-0.05, 0) is 17.7 Å². The molecule has 1 aromatic carbocycles. The number of primary amides is 1. The summed E-state index contributed by atoms with van der Waals surface area (Å²) in [6, 6.07) is 9.01. The van der Waals surface area contributed by atoms with Gasteiger partial charge in [-0.3, -0.25) is 4.79 Å². The second-order valence-corrected chi connectivity index (χ2v) is 5.51. The van der Waals surface area contributed by atoms with Gasteiger partial charge in [0.2, 0.25) is 5.91 Å². The van der Waals surface area contributed by atoms with Gasteiger partial charge < -0.3 is 21.7 Å². The van der Waals surface area contributed by atoms with Gasteiger partial charge in [0, 0.05) is 5.75 Å². The number of carbonyl (C=O) groups is 1. The van der Waals surface area contributed by atoms with Crippen LogP contribution >= 0.6 is 11.8 Å². The molecular weight excluding hydrogens is 264 g/mol. The Balaban J connectivity index is 2.61. The van der Waals surface area contributed by atoms with E-state index >= 15 is 0 Å². The number of benzene rings is 1. The van der Waals surface area contributed by atoms with Crippen LogP contribution in [0.3, 0.4) is 0 Å². The molecule has 6 heteroatoms. The van der Waals surface area contributed by atoms with Crippen LogP contribution in [0.15, 0.2) is 30.3 Å². The minimum absolute atomic E-state index is 0.269. The van der Waals surface area contributed by atoms with Crippen LogP contribution in [0.1, 0.15) is 12.0 Å². The average Bonchev–Trinajstić information content (AvgIpc) is 2.43. The first kappa shape index (κ1) is 16.0. The number of aliphatic hydroxyl groups is 2. The maximum atomic E-state index is 11.6. The van der Waals surface area contributed by atoms with Gasteiger partial charge in [0.25, 0.3) is 0 Å². The van der Waals surface area contributed by atoms with E-state index in [1.165, 1.54) is 11.8 Å². The van der Waals surface area contributed by atoms with Crippen molar-refractivity contribution in [1.82, 2.24) is 0 Å². The van der Waals surface area contributed by atoms with Crippen molar-refractivity contribution in [2.24, 2.45) is 11.5 Å². The summed E-state index contributed by atoms with van der Waals surface area (Å²) in [5.41, 5.74) is 11.0. The van der Waals surface area contributed by atoms with Crippen molar-refractivity contribution < 1.29 is 15.0 Å². The molecule has 6 N–H and O–H groups in total. The Morgan fingerprint density at radius 3 is 2.53 bits per heavy atom. The number of rotatable bonds is 8. The summed E-state index contributed by atoms with van der Waals surface area (Å²) in [6.45, 7) is -0.269. The molecule has 1 rings (SSSR count). The van der Waals surface area contributed by atoms with Crippen molar-refractivity contribution in [1.29, 1.82) is 0 Å². The Bertz CT molecular complexity index is 402. The van der Waals surface area contributed by atoms with Crippen molar-refractivity contribution >= 4 is 17.7 Å². The number of hydrogen-bond acceptors (Lipinski definition) is 5. The standard InChI is InChI=1S/C13H20N2O3S/c14-12(18)13(15,10-4-2-1-3-5-10)6-7-19-9-11(17)8-16/h1-5,11,16-17H,6-9,15H2,(H2,14,18). The molecule has 2 atom stereocenters. The predicted molar refractivity (Wildman–Crippen MR) is 76.5 cm³/mol. The Labute approximate surface area is 117 Å². The molecule has 0 saturated carbocycles. The molecule has 1 aromatic rings. The van der Waals surface area contributed by atoms with Crippen LogP contribution in [0.5, 0.6) is 0 Å². The molecule has 0 heterocycles. The minimum atomic E-state index is -1.20. The van der Waals surface area contributed by atoms with E-state index in [0.29, 0.717) is 23.5 Å². The zero-order valence-electron chi connectivity index (χ0n) is 10.7. The zero-order valence-corrected chi connectivity index (χ0v) is 11.5. The number of hydrogen-bond donors (Lipinski definition) is 4. The highest BCUT2D eigenvalue weighted by molar-refractivity contribution is 7.99. The monoisotopic (exact) mass is 284 g/mol. The largest absolute Gasteiger partial charge is 0.394 e. The summed E-state index contributed by atoms with van der Waals surface area (Å²) < 4.78 is 0. The molecule has 0 bridgehead atoms. The van der Waals surface area contributed by atoms with Gasteiger partial charge in [0.1, 0.15) is 5.54 Å². The molecule has 0 fully saturated rings. The van der Waals surface area contributed by atoms with Crippen LogP contribution in [0.4, 0.5) is 0 Å². The summed E-state index contributed by atoms with van der Waals surface area (Å²) in [6.07, 6.45) is -0.364. The molecule has 0 saturated heterocycles. The van der Waals surface area contributed by atoms with Crippen LogP contribution in [0.2, 0.25) is 0 Å². The van der Waals surface area contributed by atoms with E-state index in [0.717, 1.165) is 0 Å². The first-order chi connectivity index (χ1) is 9.00. The summed E-state index contributed by atoms with van der Waals surface area (Å²) in [7, 11) is 0. The smallest absolute Gasteiger partial charge is 0.242 e. The van der Waals surface area contributed by atoms with Crippen LogP contribution in [0.25, 0.3) is 0 Å². The Hall–Kier alpha value is -1.08. The molecule has 0 aliphatic rings. The van der Waals surface area contributed by atoms with E-state index in [2.05, 4.69) is 0 Å². The molecule has 19 heavy (non-hydrogen) atoms. The van der Waals surface area contributed by atoms with E-state index in [4.69, 9.17) is 16.6 Å². The van der Waals surface area contributed by atoms with Crippen molar-refractivity contribution in [2.75, 3.05) is 18.1 Å². The van der Waals surface area contributed by atoms with Crippen molar-refractivity contribution in [3.05, 3.63) is 35.9 Å². The van der Waals surface area contributed by atoms with Crippen LogP contribution in [-0.4, -0.2) is 40.3 Å². The minimum Gasteiger partial charge on any atom is -0.394 e. The molecule has 5 nitrogen and oxygen atoms in total. The Morgan fingerprint density at radius 2 is 2.00 bits per heavy atom. The zero-order chi connectivity index (χ0) is 14.3. The molecule has 0 aliphatic heterocycles. The van der Waals surface area contributed by atoms with Crippen LogP contribution in [-0.2, 0) is 10.3 Å². The van der Waals surface area contributed by atoms with E-state index in [1.807, 2.05) is 18.2 Å². The van der Waals surface area contributed by atoms with E-state index in [1.54, 1.807) is 12.1 Å². The normalized spacial score (nSPS) is 15.7. The van der Waals surface area contributed by atoms with Crippen molar-refractivity contribution in [2.45, 2.75) is 18.1 Å². The number of thioether (sulfide) groups is 1. The van der Waals surface area contributed by atoms with Gasteiger partial charge in [0.15, 0.2) is 0 Å². The van der Waals surface area contributed by atoms with Crippen LogP contribution < -0.4 is 11.5 Å². The fourth-order valence-electron chi connectivity index (χ4n) is 1.65. The first-order valence-electron chi connectivity index (χ1n) is 6.01. The van der Waals surface area contributed by atoms with Crippen molar-refractivity contribution in [3.8, 4) is 0 Å². The predicted octanol–water partition coefficient (Wildman–Crippen LogP) is -0.198. The second kappa shape index (κ2) is 7.49. The fourth-order valence-corrected chi connectivity index (χ4v) is 2.66. The average molecular weight is 284 g/mol. The van der Waals surface area contributed by atoms with E-state index in [-0.39, 0.29) is 6.61 Å². The summed E-state index contributed by atoms with van der Waals surface area (Å²) in [5, 5.41) is 17.9. The number of nitrogens with two attached hydrogens (primary N) is 2. The third-order valence-electron chi connectivity index (χ3n) is 2.89. The first-order valence-corrected chi connectivity index (χ1v) is 7.17. The molecule has 0 spiro atoms. The highest BCUT2D eigenvalue weighted by atomic mass is 32.2. The molecule has 2 unspecified atom stereocenters. The number of amides is 1. The highest BCUT2D eigenvalue weighted by Gasteiger charge is 2.33. The van der Waals surface area contributed by atoms with E-state index < -0.39 is 17.6 Å². The van der Waals surface area contributed by atoms with E-state index in [9.17, 15) is 9.90 Å². The van der Waals surface area contributed by atoms with Gasteiger partial charge >= 0.3 is 0 Å². The maximum absolute atomic E-state index is 11.6. The lowest BCUT2D eigenvalue weighted by Crippen LogP contribution is -2.49. The quantitative estimate of drug-likeness (QED) is 0.494. The lowest BCUT2D eigenvalue weighted by atomic mass is 9.88. The molecule has 1 amide bonds. The topological polar surface area (TPSA) is 110 Å². The lowest BCUT2D eigenvalue weighted by molar-refractivity contribution is -0.123. The molecule has 0 aliphatic carbocycles. The summed E-state index contributed by atoms with van der Waals surface area (Å²) in [4.78, 5) is 11.6. The Kier molecular flexibility index (Phi) is 6.30. The van der Waals surface area contributed by atoms with Gasteiger partial charge in [-0.2, -0.15) is 11.8 Å². The van der Waals surface area contributed by atoms with Gasteiger partial charge in [-0.15, -0.1) is 0 Å². The van der Waals surface area contributed by atoms with Crippen molar-refractivity contribution in [3.63, 3.8) is 0 Å². The number of carbonyl (C=O) groups excluding carboxylic acids is 1.